The molecule has 0 spiro atoms. The van der Waals surface area contributed by atoms with Crippen LogP contribution in [0.15, 0.2) is 134 Å². The largest absolute Gasteiger partial charge is 0.494 e. The summed E-state index contributed by atoms with van der Waals surface area (Å²) in [4.78, 5) is 103. The number of anilines is 11. The number of nitrogens with one attached hydrogen (secondary N) is 8. The maximum absolute atomic E-state index is 13.4. The molecule has 6 aliphatic heterocycles. The zero-order valence-corrected chi connectivity index (χ0v) is 67.6. The number of allylic oxidation sites excluding steroid dienone is 1. The summed E-state index contributed by atoms with van der Waals surface area (Å²) >= 11 is 0. The molecule has 21 rings (SSSR count). The second-order valence-electron chi connectivity index (χ2n) is 29.2. The van der Waals surface area contributed by atoms with Crippen molar-refractivity contribution in [2.75, 3.05) is 106 Å². The van der Waals surface area contributed by atoms with E-state index < -0.39 is 51.2 Å². The van der Waals surface area contributed by atoms with Crippen LogP contribution in [0.3, 0.4) is 0 Å². The van der Waals surface area contributed by atoms with E-state index in [0.29, 0.717) is 201 Å². The number of benzene rings is 4. The highest BCUT2D eigenvalue weighted by Gasteiger charge is 2.40. The van der Waals surface area contributed by atoms with Crippen LogP contribution >= 0.6 is 0 Å². The van der Waals surface area contributed by atoms with Gasteiger partial charge in [0.2, 0.25) is 0 Å². The summed E-state index contributed by atoms with van der Waals surface area (Å²) in [5.74, 6) is 4.90. The number of amides is 3. The van der Waals surface area contributed by atoms with E-state index in [-0.39, 0.29) is 59.7 Å². The summed E-state index contributed by atoms with van der Waals surface area (Å²) in [5.41, 5.74) is 10.0. The lowest BCUT2D eigenvalue weighted by Crippen LogP contribution is -2.22. The van der Waals surface area contributed by atoms with Crippen molar-refractivity contribution in [3.8, 4) is 80.0 Å². The topological polar surface area (TPSA) is 438 Å². The first-order chi connectivity index (χ1) is 64.9. The Morgan fingerprint density at radius 2 is 0.903 bits per heavy atom. The molecule has 0 radical (unpaired) electrons. The van der Waals surface area contributed by atoms with Crippen LogP contribution < -0.4 is 71.2 Å². The molecule has 7 aliphatic rings. The highest BCUT2D eigenvalue weighted by atomic mass is 16.5. The van der Waals surface area contributed by atoms with Crippen LogP contribution in [0.4, 0.5) is 63.0 Å². The second kappa shape index (κ2) is 31.9. The molecule has 1 fully saturated rings. The van der Waals surface area contributed by atoms with Gasteiger partial charge >= 0.3 is 0 Å². The lowest BCUT2D eigenvalue weighted by molar-refractivity contribution is 0.0809. The molecule has 16 heterocycles. The fraction of sp³-hybridized carbons (Fsp3) is 0.262. The van der Waals surface area contributed by atoms with Gasteiger partial charge in [-0.1, -0.05) is 37.4 Å². The number of nitrogens with zero attached hydrogens (tertiary/aromatic N) is 22. The van der Waals surface area contributed by atoms with Gasteiger partial charge in [0.05, 0.1) is 151 Å². The van der Waals surface area contributed by atoms with Crippen LogP contribution in [0.2, 0.25) is 0 Å². The highest BCUT2D eigenvalue weighted by Crippen LogP contribution is 2.50. The molecule has 4 aromatic carbocycles. The molecule has 0 saturated heterocycles. The number of fused-ring (bicyclic) bond motifs is 8. The lowest BCUT2D eigenvalue weighted by Gasteiger charge is -2.25. The molecule has 40 heteroatoms. The molecule has 124 heavy (non-hydrogen) atoms. The standard InChI is InChI=1S/C22H21N9O2.C21H21N7O3.C21H21N7O2.C20H21N7O3/c1-30-9-23-20-14(22(30)32)15(16-21(28-20)27-18(26-16)11-7-8-11)25-13-6-4-5-12(17(13)33-3)19-24-10-31(2)29-19;1-11-9-31-18-16(15-14(25-20(18)23-11)8-27(2)21(15)29)24-13-7-5-6-12(17(13)30-4)19-22-10-28(3)26-19;1-11-8-13-17(16-15(25-20(13)23-11)9-27(2)21(16)29)24-14-7-5-6-12(18(14)30-4)19-22-10-28(3)26-19;1-26-9-13-14(20(26)28)15(17-19(24-13)21-7-8-30-17)23-12-6-4-5-11(16(12)29-3)18-22-10-27(2)25-18/h4-6,9-11H,7-8H2,1-3H3,(H2,25,26,27,28);5-7,10H,1,8-9H2,2-4H3,(H2,23,24,25);5-7,10H,1,8-9H2,2-4H3,(H2,23,24,25);4-6,10H,7-9H2,1-3H3,(H2,21,23,24)/i1D3;2*2D3;1D3. The van der Waals surface area contributed by atoms with Crippen molar-refractivity contribution in [3.63, 3.8) is 0 Å². The van der Waals surface area contributed by atoms with Crippen molar-refractivity contribution < 1.29 is 59.3 Å². The average Bonchev–Trinajstić information content (AvgIpc) is 1.48. The summed E-state index contributed by atoms with van der Waals surface area (Å²) in [6, 6.07) is 21.7. The SMILES string of the molecule is [2H]C([2H])([2H])N1Cc2nc3c(c(Nc4cccc(-c5ncn(C)n5)c4OC)c2C1=O)CC(=C)N3.[2H]C([2H])([2H])N1Cc2nc3c(c(Nc4cccc(-c5ncn(C)n5)c4OC)c2C1=O)OCC(=C)N3.[2H]C([2H])([2H])N1Cc2nc3c(c(Nc4cccc(-c5ncn(C)n5)c4OC)c2C1=O)OCCN3.[2H]C([2H])([2H])n1cnc2nc3nc(C4CC4)[nH]c3c(Nc3cccc(-c4ncn(C)n4)c3OC)c2c1=O. The first-order valence-corrected chi connectivity index (χ1v) is 38.4. The van der Waals surface area contributed by atoms with Gasteiger partial charge in [0, 0.05) is 102 Å². The smallest absolute Gasteiger partial charge is 0.264 e. The Hall–Kier alpha value is -16.1. The number of aromatic nitrogens is 20. The zero-order chi connectivity index (χ0) is 96.2. The molecule has 1 aliphatic carbocycles. The third kappa shape index (κ3) is 14.5. The van der Waals surface area contributed by atoms with Gasteiger partial charge in [0.1, 0.15) is 72.4 Å². The number of hydrogen-bond acceptors (Lipinski definition) is 31. The number of imidazole rings is 1. The van der Waals surface area contributed by atoms with Crippen molar-refractivity contribution in [2.45, 2.75) is 44.8 Å². The molecule has 0 atom stereocenters. The number of ether oxygens (including phenoxy) is 6. The number of carbonyl (C=O) groups is 3. The maximum Gasteiger partial charge on any atom is 0.264 e. The molecule has 0 bridgehead atoms. The van der Waals surface area contributed by atoms with Gasteiger partial charge in [-0.3, -0.25) is 37.9 Å². The van der Waals surface area contributed by atoms with Gasteiger partial charge in [-0.05, 0) is 61.4 Å². The molecule has 1 saturated carbocycles. The lowest BCUT2D eigenvalue weighted by atomic mass is 10.0. The molecule has 630 valence electrons. The van der Waals surface area contributed by atoms with Crippen molar-refractivity contribution in [3.05, 3.63) is 184 Å². The second-order valence-corrected chi connectivity index (χ2v) is 29.2. The zero-order valence-electron chi connectivity index (χ0n) is 79.6. The molecule has 3 amide bonds. The predicted octanol–water partition coefficient (Wildman–Crippen LogP) is 9.88. The Morgan fingerprint density at radius 3 is 1.34 bits per heavy atom. The molecule has 8 N–H and O–H groups in total. The van der Waals surface area contributed by atoms with Gasteiger partial charge in [0.25, 0.3) is 23.3 Å². The van der Waals surface area contributed by atoms with Gasteiger partial charge in [-0.25, -0.2) is 49.8 Å². The van der Waals surface area contributed by atoms with E-state index in [2.05, 4.69) is 126 Å². The number of methoxy groups -OCH3 is 4. The summed E-state index contributed by atoms with van der Waals surface area (Å²) in [6.45, 7) is -1.95. The number of H-pyrrole nitrogens is 1. The van der Waals surface area contributed by atoms with Crippen LogP contribution in [0.25, 0.3) is 67.7 Å². The Balaban J connectivity index is 0.000000121. The Morgan fingerprint density at radius 1 is 0.476 bits per heavy atom. The minimum atomic E-state index is -2.71. The van der Waals surface area contributed by atoms with E-state index >= 15 is 0 Å². The fourth-order valence-electron chi connectivity index (χ4n) is 15.1. The van der Waals surface area contributed by atoms with Crippen LogP contribution in [0.5, 0.6) is 34.5 Å². The Labute approximate surface area is 723 Å². The maximum atomic E-state index is 13.4. The number of aryl methyl sites for hydroxylation is 5. The molecule has 40 nitrogen and oxygen atoms in total. The monoisotopic (exact) mass is 1680 g/mol. The van der Waals surface area contributed by atoms with Crippen LogP contribution in [0, 0.1) is 0 Å². The molecular weight excluding hydrogens is 1590 g/mol. The fourth-order valence-corrected chi connectivity index (χ4v) is 15.1. The minimum absolute atomic E-state index is 0.0236. The number of rotatable bonds is 17. The predicted molar refractivity (Wildman–Crippen MR) is 460 cm³/mol. The van der Waals surface area contributed by atoms with Gasteiger partial charge < -0.3 is 89.9 Å². The first-order valence-electron chi connectivity index (χ1n) is 44.4. The van der Waals surface area contributed by atoms with Crippen molar-refractivity contribution in [1.82, 2.24) is 113 Å². The number of aromatic amines is 1. The highest BCUT2D eigenvalue weighted by molar-refractivity contribution is 6.09. The number of hydrogen-bond donors (Lipinski definition) is 8. The van der Waals surface area contributed by atoms with Gasteiger partial charge in [0.15, 0.2) is 80.7 Å². The van der Waals surface area contributed by atoms with E-state index in [9.17, 15) is 19.2 Å². The number of carbonyl (C=O) groups excluding carboxylic acids is 3. The molecule has 0 unspecified atom stereocenters. The summed E-state index contributed by atoms with van der Waals surface area (Å²) in [5, 5.41) is 39.9. The Bertz CT molecular complexity index is 7300. The van der Waals surface area contributed by atoms with Gasteiger partial charge in [-0.15, -0.1) is 0 Å². The van der Waals surface area contributed by atoms with Crippen molar-refractivity contribution in [1.29, 1.82) is 0 Å². The van der Waals surface area contributed by atoms with E-state index in [4.69, 9.17) is 44.9 Å². The molecule has 10 aromatic heterocycles. The summed E-state index contributed by atoms with van der Waals surface area (Å²) in [6.07, 6.45) is 9.81. The minimum Gasteiger partial charge on any atom is -0.494 e. The van der Waals surface area contributed by atoms with Crippen molar-refractivity contribution >= 4 is 103 Å². The number of para-hydroxylation sites is 4. The molecular formula is C84H84N30O10. The van der Waals surface area contributed by atoms with Crippen molar-refractivity contribution in [2.24, 2.45) is 35.2 Å². The van der Waals surface area contributed by atoms with Gasteiger partial charge in [-0.2, -0.15) is 20.4 Å². The van der Waals surface area contributed by atoms with E-state index in [0.717, 1.165) is 51.0 Å². The van der Waals surface area contributed by atoms with E-state index in [1.807, 2.05) is 36.4 Å². The quantitative estimate of drug-likeness (QED) is 0.0420. The number of pyridine rings is 4. The third-order valence-electron chi connectivity index (χ3n) is 20.7. The summed E-state index contributed by atoms with van der Waals surface area (Å²) in [7, 11) is 13.2. The first kappa shape index (κ1) is 65.8. The van der Waals surface area contributed by atoms with Crippen LogP contribution in [-0.4, -0.2) is 200 Å². The van der Waals surface area contributed by atoms with E-state index in [1.165, 1.54) is 21.3 Å². The van der Waals surface area contributed by atoms with Crippen LogP contribution in [0.1, 0.15) is 94.8 Å². The average molecular weight is 1690 g/mol. The summed E-state index contributed by atoms with van der Waals surface area (Å²) < 4.78 is 134. The molecule has 14 aromatic rings. The Kier molecular flexibility index (Phi) is 16.9. The third-order valence-corrected chi connectivity index (χ3v) is 20.7. The van der Waals surface area contributed by atoms with E-state index in [1.54, 1.807) is 116 Å². The van der Waals surface area contributed by atoms with Crippen LogP contribution in [-0.2, 0) is 61.2 Å². The normalized spacial score (nSPS) is 16.2.